The van der Waals surface area contributed by atoms with Crippen molar-refractivity contribution in [2.45, 2.75) is 81.9 Å². The van der Waals surface area contributed by atoms with E-state index in [4.69, 9.17) is 0 Å². The molecule has 0 aromatic heterocycles. The van der Waals surface area contributed by atoms with Gasteiger partial charge in [-0.05, 0) is 70.1 Å². The molecule has 3 rings (SSSR count). The van der Waals surface area contributed by atoms with Crippen molar-refractivity contribution < 1.29 is 10.3 Å². The van der Waals surface area contributed by atoms with E-state index in [-0.39, 0.29) is 10.8 Å². The number of nitrogens with one attached hydrogen (secondary N) is 1. The molecule has 1 aliphatic heterocycles. The second-order valence-corrected chi connectivity index (χ2v) is 10.1. The van der Waals surface area contributed by atoms with Crippen LogP contribution in [0.2, 0.25) is 0 Å². The van der Waals surface area contributed by atoms with Gasteiger partial charge >= 0.3 is 0 Å². The number of nitroso groups, excluding NO2 is 1. The minimum absolute atomic E-state index is 0.0447. The van der Waals surface area contributed by atoms with Crippen molar-refractivity contribution in [3.8, 4) is 0 Å². The first kappa shape index (κ1) is 20.7. The van der Waals surface area contributed by atoms with Gasteiger partial charge in [-0.15, -0.1) is 4.91 Å². The Morgan fingerprint density at radius 1 is 1.33 bits per heavy atom. The summed E-state index contributed by atoms with van der Waals surface area (Å²) >= 11 is 1.16. The summed E-state index contributed by atoms with van der Waals surface area (Å²) in [5.74, 6) is 0. The molecule has 2 atom stereocenters. The highest BCUT2D eigenvalue weighted by atomic mass is 32.2. The molecule has 1 fully saturated rings. The van der Waals surface area contributed by atoms with Gasteiger partial charge in [-0.2, -0.15) is 5.06 Å². The van der Waals surface area contributed by atoms with E-state index >= 15 is 0 Å². The molecule has 6 nitrogen and oxygen atoms in total. The van der Waals surface area contributed by atoms with E-state index in [1.54, 1.807) is 0 Å². The Balaban J connectivity index is 1.59. The molecule has 1 heterocycles. The fraction of sp³-hybridized carbons (Fsp3) is 0.700. The lowest BCUT2D eigenvalue weighted by Crippen LogP contribution is -2.39. The van der Waals surface area contributed by atoms with Crippen molar-refractivity contribution in [3.63, 3.8) is 0 Å². The number of fused-ring (bicyclic) bond motifs is 1. The number of aliphatic hydroxyl groups excluding tert-OH is 1. The Bertz CT molecular complexity index is 689. The lowest BCUT2D eigenvalue weighted by Gasteiger charge is -2.35. The minimum Gasteiger partial charge on any atom is -0.387 e. The average molecular weight is 394 g/mol. The minimum atomic E-state index is -0.589. The van der Waals surface area contributed by atoms with Crippen LogP contribution in [-0.2, 0) is 5.54 Å². The fourth-order valence-corrected chi connectivity index (χ4v) is 5.02. The molecule has 0 radical (unpaired) electrons. The maximum atomic E-state index is 10.7. The predicted octanol–water partition coefficient (Wildman–Crippen LogP) is 4.43. The molecule has 1 aliphatic carbocycles. The topological polar surface area (TPSA) is 85.2 Å². The first-order chi connectivity index (χ1) is 12.7. The number of hydrogen-bond donors (Lipinski definition) is 3. The number of rotatable bonds is 6. The van der Waals surface area contributed by atoms with Gasteiger partial charge in [0.25, 0.3) is 0 Å². The van der Waals surface area contributed by atoms with Gasteiger partial charge in [0.15, 0.2) is 0 Å². The number of aliphatic hydroxyl groups is 1. The van der Waals surface area contributed by atoms with Crippen LogP contribution in [0.15, 0.2) is 22.8 Å². The molecule has 0 amide bonds. The summed E-state index contributed by atoms with van der Waals surface area (Å²) in [4.78, 5) is 10.5. The van der Waals surface area contributed by atoms with Gasteiger partial charge in [-0.1, -0.05) is 18.2 Å². The van der Waals surface area contributed by atoms with Crippen LogP contribution in [0.1, 0.15) is 82.2 Å². The van der Waals surface area contributed by atoms with Gasteiger partial charge in [-0.3, -0.25) is 0 Å². The molecular formula is C20H31N3O3S. The highest BCUT2D eigenvalue weighted by Gasteiger charge is 2.41. The Labute approximate surface area is 165 Å². The molecule has 27 heavy (non-hydrogen) atoms. The van der Waals surface area contributed by atoms with Crippen molar-refractivity contribution in [1.29, 1.82) is 0 Å². The van der Waals surface area contributed by atoms with Gasteiger partial charge in [0.2, 0.25) is 0 Å². The molecule has 1 saturated carbocycles. The highest BCUT2D eigenvalue weighted by molar-refractivity contribution is 7.99. The van der Waals surface area contributed by atoms with Crippen molar-refractivity contribution >= 4 is 11.9 Å². The summed E-state index contributed by atoms with van der Waals surface area (Å²) in [5.41, 5.74) is 2.59. The lowest BCUT2D eigenvalue weighted by atomic mass is 9.86. The molecule has 0 spiro atoms. The van der Waals surface area contributed by atoms with Crippen LogP contribution in [-0.4, -0.2) is 32.7 Å². The third-order valence-corrected chi connectivity index (χ3v) is 7.34. The highest BCUT2D eigenvalue weighted by Crippen LogP contribution is 2.45. The number of hydrogen-bond acceptors (Lipinski definition) is 7. The average Bonchev–Trinajstić information content (AvgIpc) is 2.81. The van der Waals surface area contributed by atoms with Crippen LogP contribution in [0.3, 0.4) is 0 Å². The summed E-state index contributed by atoms with van der Waals surface area (Å²) in [6.07, 6.45) is 3.29. The predicted molar refractivity (Wildman–Crippen MR) is 109 cm³/mol. The van der Waals surface area contributed by atoms with Crippen LogP contribution in [0, 0.1) is 4.91 Å². The zero-order valence-corrected chi connectivity index (χ0v) is 17.4. The largest absolute Gasteiger partial charge is 0.387 e. The molecule has 0 bridgehead atoms. The van der Waals surface area contributed by atoms with Gasteiger partial charge in [-0.25, -0.2) is 0 Å². The van der Waals surface area contributed by atoms with Crippen LogP contribution >= 0.6 is 11.9 Å². The first-order valence-corrected chi connectivity index (χ1v) is 10.5. The zero-order valence-electron chi connectivity index (χ0n) is 16.6. The lowest BCUT2D eigenvalue weighted by molar-refractivity contribution is -0.181. The summed E-state index contributed by atoms with van der Waals surface area (Å²) in [7, 11) is 0. The van der Waals surface area contributed by atoms with Crippen LogP contribution < -0.4 is 5.32 Å². The smallest absolute Gasteiger partial charge is 0.0914 e. The number of nitrogens with zero attached hydrogens (tertiary/aromatic N) is 2. The third kappa shape index (κ3) is 4.07. The van der Waals surface area contributed by atoms with E-state index in [2.05, 4.69) is 16.8 Å². The van der Waals surface area contributed by atoms with Crippen molar-refractivity contribution in [2.24, 2.45) is 4.58 Å². The van der Waals surface area contributed by atoms with Gasteiger partial charge < -0.3 is 15.6 Å². The van der Waals surface area contributed by atoms with Crippen molar-refractivity contribution in [3.05, 3.63) is 39.8 Å². The second kappa shape index (κ2) is 7.79. The van der Waals surface area contributed by atoms with E-state index < -0.39 is 11.6 Å². The molecule has 2 aliphatic rings. The SMILES string of the molecule is CC1c2ccc(C(O)CNC3CCC(C)(SN=O)CC3)cc2C(C)(C)N1O. The normalized spacial score (nSPS) is 31.5. The summed E-state index contributed by atoms with van der Waals surface area (Å²) in [6.45, 7) is 8.57. The van der Waals surface area contributed by atoms with E-state index in [0.29, 0.717) is 12.6 Å². The molecule has 1 aromatic carbocycles. The van der Waals surface area contributed by atoms with Crippen molar-refractivity contribution in [2.75, 3.05) is 6.54 Å². The molecule has 3 N–H and O–H groups in total. The molecule has 2 unspecified atom stereocenters. The monoisotopic (exact) mass is 393 g/mol. The van der Waals surface area contributed by atoms with Crippen LogP contribution in [0.25, 0.3) is 0 Å². The van der Waals surface area contributed by atoms with Gasteiger partial charge in [0.05, 0.1) is 17.7 Å². The third-order valence-electron chi connectivity index (χ3n) is 6.41. The van der Waals surface area contributed by atoms with E-state index in [9.17, 15) is 15.2 Å². The molecule has 0 saturated heterocycles. The van der Waals surface area contributed by atoms with E-state index in [1.165, 1.54) is 5.06 Å². The molecule has 1 aromatic rings. The van der Waals surface area contributed by atoms with Gasteiger partial charge in [0, 0.05) is 33.9 Å². The second-order valence-electron chi connectivity index (χ2n) is 8.74. The van der Waals surface area contributed by atoms with Crippen LogP contribution in [0.4, 0.5) is 0 Å². The van der Waals surface area contributed by atoms with Gasteiger partial charge in [0.1, 0.15) is 0 Å². The maximum Gasteiger partial charge on any atom is 0.0914 e. The summed E-state index contributed by atoms with van der Waals surface area (Å²) < 4.78 is 2.96. The Morgan fingerprint density at radius 3 is 2.63 bits per heavy atom. The summed E-state index contributed by atoms with van der Waals surface area (Å²) in [5, 5.41) is 25.9. The number of benzene rings is 1. The zero-order chi connectivity index (χ0) is 19.8. The summed E-state index contributed by atoms with van der Waals surface area (Å²) in [6, 6.07) is 6.32. The molecule has 7 heteroatoms. The van der Waals surface area contributed by atoms with Crippen molar-refractivity contribution in [1.82, 2.24) is 10.4 Å². The van der Waals surface area contributed by atoms with Crippen LogP contribution in [0.5, 0.6) is 0 Å². The fourth-order valence-electron chi connectivity index (χ4n) is 4.42. The molecular weight excluding hydrogens is 362 g/mol. The first-order valence-electron chi connectivity index (χ1n) is 9.73. The quantitative estimate of drug-likeness (QED) is 0.490. The van der Waals surface area contributed by atoms with E-state index in [1.807, 2.05) is 39.0 Å². The Kier molecular flexibility index (Phi) is 5.99. The standard InChI is InChI=1S/C20H31N3O3S/c1-13-16-6-5-14(11-17(16)19(2,3)23(13)26)18(24)12-21-15-7-9-20(4,10-8-15)27-22-25/h5-6,11,13,15,18,21,24,26H,7-10,12H2,1-4H3. The maximum absolute atomic E-state index is 10.7. The Hall–Kier alpha value is -0.990. The molecule has 150 valence electrons. The Morgan fingerprint density at radius 2 is 2.00 bits per heavy atom. The van der Waals surface area contributed by atoms with E-state index in [0.717, 1.165) is 54.3 Å². The number of hydroxylamine groups is 2.